The number of esters is 1. The van der Waals surface area contributed by atoms with Crippen molar-refractivity contribution >= 4 is 17.8 Å². The van der Waals surface area contributed by atoms with Crippen molar-refractivity contribution in [2.75, 3.05) is 19.7 Å². The summed E-state index contributed by atoms with van der Waals surface area (Å²) >= 11 is 0. The van der Waals surface area contributed by atoms with Crippen LogP contribution in [0, 0.1) is 0 Å². The van der Waals surface area contributed by atoms with Gasteiger partial charge in [0.15, 0.2) is 0 Å². The van der Waals surface area contributed by atoms with E-state index in [0.29, 0.717) is 13.0 Å². The number of hydrogen-bond donors (Lipinski definition) is 2. The molecule has 0 spiro atoms. The van der Waals surface area contributed by atoms with Gasteiger partial charge in [0.1, 0.15) is 25.5 Å². The van der Waals surface area contributed by atoms with Gasteiger partial charge in [-0.1, -0.05) is 0 Å². The summed E-state index contributed by atoms with van der Waals surface area (Å²) in [5.74, 6) is -0.912. The minimum Gasteiger partial charge on any atom is -0.462 e. The quantitative estimate of drug-likeness (QED) is 0.440. The van der Waals surface area contributed by atoms with Crippen molar-refractivity contribution in [3.8, 4) is 0 Å². The minimum atomic E-state index is -0.666. The number of carbonyl (C=O) groups is 3. The molecule has 3 unspecified atom stereocenters. The molecule has 2 fully saturated rings. The van der Waals surface area contributed by atoms with Crippen molar-refractivity contribution in [3.63, 3.8) is 0 Å². The van der Waals surface area contributed by atoms with Crippen molar-refractivity contribution in [1.29, 1.82) is 0 Å². The number of nitrogens with zero attached hydrogens (tertiary/aromatic N) is 1. The zero-order valence-corrected chi connectivity index (χ0v) is 10.6. The Morgan fingerprint density at radius 2 is 2.37 bits per heavy atom. The van der Waals surface area contributed by atoms with Gasteiger partial charge in [0, 0.05) is 0 Å². The van der Waals surface area contributed by atoms with Crippen LogP contribution in [0.2, 0.25) is 0 Å². The molecule has 106 valence electrons. The molecule has 0 aromatic rings. The first-order chi connectivity index (χ1) is 8.97. The van der Waals surface area contributed by atoms with Crippen LogP contribution in [0.25, 0.3) is 0 Å². The fraction of sp³-hybridized carbons (Fsp3) is 0.727. The third-order valence-corrected chi connectivity index (χ3v) is 3.02. The van der Waals surface area contributed by atoms with Crippen molar-refractivity contribution < 1.29 is 23.9 Å². The van der Waals surface area contributed by atoms with Crippen LogP contribution in [0.4, 0.5) is 0 Å². The summed E-state index contributed by atoms with van der Waals surface area (Å²) in [6.07, 6.45) is -0.0481. The molecule has 0 aromatic carbocycles. The van der Waals surface area contributed by atoms with E-state index in [2.05, 4.69) is 5.32 Å². The van der Waals surface area contributed by atoms with E-state index in [9.17, 15) is 14.4 Å². The van der Waals surface area contributed by atoms with Gasteiger partial charge in [0.05, 0.1) is 19.0 Å². The fourth-order valence-corrected chi connectivity index (χ4v) is 1.90. The smallest absolute Gasteiger partial charge is 0.325 e. The average Bonchev–Trinajstić information content (AvgIpc) is 2.70. The van der Waals surface area contributed by atoms with E-state index < -0.39 is 17.9 Å². The lowest BCUT2D eigenvalue weighted by Gasteiger charge is -2.31. The monoisotopic (exact) mass is 271 g/mol. The highest BCUT2D eigenvalue weighted by Gasteiger charge is 2.45. The molecule has 19 heavy (non-hydrogen) atoms. The molecule has 2 aliphatic heterocycles. The third-order valence-electron chi connectivity index (χ3n) is 3.02. The molecule has 2 aliphatic rings. The van der Waals surface area contributed by atoms with Crippen LogP contribution < -0.4 is 11.1 Å². The predicted octanol–water partition coefficient (Wildman–Crippen LogP) is -2.05. The molecule has 2 amide bonds. The highest BCUT2D eigenvalue weighted by molar-refractivity contribution is 5.85. The van der Waals surface area contributed by atoms with Crippen molar-refractivity contribution in [2.45, 2.75) is 31.7 Å². The molecule has 0 aliphatic carbocycles. The Balaban J connectivity index is 1.62. The van der Waals surface area contributed by atoms with E-state index >= 15 is 0 Å². The van der Waals surface area contributed by atoms with Gasteiger partial charge in [0.25, 0.3) is 0 Å². The number of hydrogen-bond acceptors (Lipinski definition) is 6. The Bertz CT molecular complexity index is 398. The standard InChI is InChI=1S/C11H17N3O5/c1-6(12)11(17)13-3-10(16)18-5-7-4-14-8(15)2-9(14)19-7/h6-7,9H,2-5,12H2,1H3,(H,13,17). The number of β-lactam (4-membered cyclic amide) rings is 1. The van der Waals surface area contributed by atoms with Gasteiger partial charge in [-0.2, -0.15) is 0 Å². The zero-order valence-electron chi connectivity index (χ0n) is 10.6. The van der Waals surface area contributed by atoms with Gasteiger partial charge in [0.2, 0.25) is 11.8 Å². The second kappa shape index (κ2) is 5.54. The van der Waals surface area contributed by atoms with E-state index in [-0.39, 0.29) is 31.4 Å². The molecular formula is C11H17N3O5. The maximum absolute atomic E-state index is 11.4. The topological polar surface area (TPSA) is 111 Å². The SMILES string of the molecule is CC(N)C(=O)NCC(=O)OCC1CN2C(=O)CC2O1. The maximum Gasteiger partial charge on any atom is 0.325 e. The lowest BCUT2D eigenvalue weighted by molar-refractivity contribution is -0.159. The van der Waals surface area contributed by atoms with Crippen LogP contribution in [-0.2, 0) is 23.9 Å². The zero-order chi connectivity index (χ0) is 14.0. The van der Waals surface area contributed by atoms with Crippen LogP contribution in [-0.4, -0.2) is 60.8 Å². The normalized spacial score (nSPS) is 26.4. The number of ether oxygens (including phenoxy) is 2. The summed E-state index contributed by atoms with van der Waals surface area (Å²) < 4.78 is 10.4. The Kier molecular flexibility index (Phi) is 4.01. The van der Waals surface area contributed by atoms with Crippen LogP contribution in [0.15, 0.2) is 0 Å². The number of rotatable bonds is 5. The molecule has 8 nitrogen and oxygen atoms in total. The van der Waals surface area contributed by atoms with Crippen LogP contribution in [0.3, 0.4) is 0 Å². The first kappa shape index (κ1) is 13.8. The van der Waals surface area contributed by atoms with E-state index in [0.717, 1.165) is 0 Å². The summed E-state index contributed by atoms with van der Waals surface area (Å²) in [6, 6.07) is -0.666. The largest absolute Gasteiger partial charge is 0.462 e. The lowest BCUT2D eigenvalue weighted by atomic mass is 10.2. The first-order valence-electron chi connectivity index (χ1n) is 6.11. The molecule has 0 saturated carbocycles. The second-order valence-corrected chi connectivity index (χ2v) is 4.65. The van der Waals surface area contributed by atoms with Gasteiger partial charge < -0.3 is 25.4 Å². The minimum absolute atomic E-state index is 0.0584. The third kappa shape index (κ3) is 3.21. The Hall–Kier alpha value is -1.67. The van der Waals surface area contributed by atoms with Gasteiger partial charge >= 0.3 is 5.97 Å². The highest BCUT2D eigenvalue weighted by atomic mass is 16.6. The molecule has 0 bridgehead atoms. The first-order valence-corrected chi connectivity index (χ1v) is 6.11. The Labute approximate surface area is 110 Å². The fourth-order valence-electron chi connectivity index (χ4n) is 1.90. The summed E-state index contributed by atoms with van der Waals surface area (Å²) in [5.41, 5.74) is 5.32. The number of fused-ring (bicyclic) bond motifs is 1. The van der Waals surface area contributed by atoms with Crippen molar-refractivity contribution in [1.82, 2.24) is 10.2 Å². The van der Waals surface area contributed by atoms with Gasteiger partial charge in [-0.05, 0) is 6.92 Å². The highest BCUT2D eigenvalue weighted by Crippen LogP contribution is 2.28. The molecule has 2 heterocycles. The molecule has 0 aromatic heterocycles. The number of carbonyl (C=O) groups excluding carboxylic acids is 3. The van der Waals surface area contributed by atoms with E-state index in [1.807, 2.05) is 0 Å². The number of nitrogens with two attached hydrogens (primary N) is 1. The molecule has 8 heteroatoms. The van der Waals surface area contributed by atoms with E-state index in [4.69, 9.17) is 15.2 Å². The van der Waals surface area contributed by atoms with Crippen LogP contribution >= 0.6 is 0 Å². The van der Waals surface area contributed by atoms with E-state index in [1.54, 1.807) is 4.90 Å². The van der Waals surface area contributed by atoms with E-state index in [1.165, 1.54) is 6.92 Å². The maximum atomic E-state index is 11.4. The summed E-state index contributed by atoms with van der Waals surface area (Å²) in [4.78, 5) is 35.2. The Morgan fingerprint density at radius 1 is 1.63 bits per heavy atom. The van der Waals surface area contributed by atoms with Crippen molar-refractivity contribution in [3.05, 3.63) is 0 Å². The number of nitrogens with one attached hydrogen (secondary N) is 1. The lowest BCUT2D eigenvalue weighted by Crippen LogP contribution is -2.48. The summed E-state index contributed by atoms with van der Waals surface area (Å²) in [7, 11) is 0. The van der Waals surface area contributed by atoms with Gasteiger partial charge in [-0.25, -0.2) is 0 Å². The van der Waals surface area contributed by atoms with Crippen LogP contribution in [0.1, 0.15) is 13.3 Å². The molecule has 2 saturated heterocycles. The average molecular weight is 271 g/mol. The van der Waals surface area contributed by atoms with Crippen LogP contribution in [0.5, 0.6) is 0 Å². The summed E-state index contributed by atoms with van der Waals surface area (Å²) in [5, 5.41) is 2.35. The van der Waals surface area contributed by atoms with Gasteiger partial charge in [-0.15, -0.1) is 0 Å². The molecular weight excluding hydrogens is 254 g/mol. The molecule has 3 atom stereocenters. The molecule has 0 radical (unpaired) electrons. The van der Waals surface area contributed by atoms with Crippen molar-refractivity contribution in [2.24, 2.45) is 5.73 Å². The predicted molar refractivity (Wildman–Crippen MR) is 62.6 cm³/mol. The second-order valence-electron chi connectivity index (χ2n) is 4.65. The number of amides is 2. The molecule has 3 N–H and O–H groups in total. The summed E-state index contributed by atoms with van der Waals surface area (Å²) in [6.45, 7) is 1.82. The Morgan fingerprint density at radius 3 is 2.95 bits per heavy atom. The van der Waals surface area contributed by atoms with Gasteiger partial charge in [-0.3, -0.25) is 14.4 Å². The molecule has 2 rings (SSSR count).